The first-order valence-electron chi connectivity index (χ1n) is 7.19. The van der Waals surface area contributed by atoms with E-state index in [1.807, 2.05) is 31.4 Å². The van der Waals surface area contributed by atoms with E-state index in [4.69, 9.17) is 0 Å². The molecule has 1 aliphatic heterocycles. The third kappa shape index (κ3) is 4.44. The van der Waals surface area contributed by atoms with Crippen LogP contribution in [0.3, 0.4) is 0 Å². The van der Waals surface area contributed by atoms with Crippen LogP contribution >= 0.6 is 11.3 Å². The van der Waals surface area contributed by atoms with Crippen LogP contribution in [0.15, 0.2) is 17.5 Å². The van der Waals surface area contributed by atoms with Crippen molar-refractivity contribution in [2.75, 3.05) is 24.2 Å². The monoisotopic (exact) mass is 330 g/mol. The van der Waals surface area contributed by atoms with Crippen LogP contribution in [0.1, 0.15) is 26.7 Å². The lowest BCUT2D eigenvalue weighted by molar-refractivity contribution is 0.200. The number of hydrogen-bond donors (Lipinski definition) is 1. The summed E-state index contributed by atoms with van der Waals surface area (Å²) in [5.41, 5.74) is 0. The molecule has 1 saturated heterocycles. The molecule has 0 spiro atoms. The molecule has 0 aromatic carbocycles. The Morgan fingerprint density at radius 2 is 2.10 bits per heavy atom. The zero-order valence-electron chi connectivity index (χ0n) is 12.4. The average molecular weight is 330 g/mol. The number of likely N-dealkylation sites (tertiary alicyclic amines) is 1. The number of carbonyl (C=O) groups excluding carboxylic acids is 1. The summed E-state index contributed by atoms with van der Waals surface area (Å²) in [6, 6.07) is 3.59. The van der Waals surface area contributed by atoms with Crippen molar-refractivity contribution in [3.05, 3.63) is 17.5 Å². The van der Waals surface area contributed by atoms with Gasteiger partial charge in [0.15, 0.2) is 9.84 Å². The van der Waals surface area contributed by atoms with Crippen LogP contribution in [0, 0.1) is 5.92 Å². The summed E-state index contributed by atoms with van der Waals surface area (Å²) in [4.78, 5) is 13.8. The summed E-state index contributed by atoms with van der Waals surface area (Å²) in [6.07, 6.45) is 1.07. The molecule has 0 saturated carbocycles. The molecule has 0 atom stereocenters. The third-order valence-electron chi connectivity index (χ3n) is 3.55. The number of sulfone groups is 1. The van der Waals surface area contributed by atoms with Gasteiger partial charge in [-0.25, -0.2) is 13.2 Å². The minimum atomic E-state index is -3.04. The molecule has 2 amide bonds. The van der Waals surface area contributed by atoms with Crippen LogP contribution < -0.4 is 5.32 Å². The molecule has 5 nitrogen and oxygen atoms in total. The van der Waals surface area contributed by atoms with Crippen molar-refractivity contribution in [2.45, 2.75) is 31.9 Å². The van der Waals surface area contributed by atoms with Gasteiger partial charge in [0.1, 0.15) is 0 Å². The van der Waals surface area contributed by atoms with Crippen LogP contribution in [-0.4, -0.2) is 43.4 Å². The molecular formula is C14H22N2O3S2. The molecule has 1 aromatic rings. The molecule has 2 heterocycles. The molecule has 21 heavy (non-hydrogen) atoms. The van der Waals surface area contributed by atoms with Crippen molar-refractivity contribution in [1.29, 1.82) is 0 Å². The topological polar surface area (TPSA) is 66.5 Å². The van der Waals surface area contributed by atoms with Crippen LogP contribution in [0.2, 0.25) is 0 Å². The Balaban J connectivity index is 1.87. The van der Waals surface area contributed by atoms with Gasteiger partial charge in [-0.15, -0.1) is 11.3 Å². The Labute approximate surface area is 130 Å². The molecule has 0 unspecified atom stereocenters. The molecule has 1 aromatic heterocycles. The van der Waals surface area contributed by atoms with Crippen molar-refractivity contribution in [3.8, 4) is 0 Å². The first-order valence-corrected chi connectivity index (χ1v) is 9.79. The normalized spacial score (nSPS) is 17.2. The lowest BCUT2D eigenvalue weighted by Crippen LogP contribution is -2.44. The Hall–Kier alpha value is -1.08. The fourth-order valence-electron chi connectivity index (χ4n) is 2.55. The van der Waals surface area contributed by atoms with E-state index in [9.17, 15) is 13.2 Å². The van der Waals surface area contributed by atoms with E-state index < -0.39 is 9.84 Å². The molecule has 0 radical (unpaired) electrons. The molecule has 1 fully saturated rings. The number of anilines is 1. The molecule has 0 aliphatic carbocycles. The summed E-state index contributed by atoms with van der Waals surface area (Å²) < 4.78 is 24.4. The van der Waals surface area contributed by atoms with Gasteiger partial charge >= 0.3 is 6.03 Å². The van der Waals surface area contributed by atoms with Crippen molar-refractivity contribution in [3.63, 3.8) is 0 Å². The van der Waals surface area contributed by atoms with Crippen LogP contribution in [0.25, 0.3) is 0 Å². The molecule has 7 heteroatoms. The SMILES string of the molecule is CC(C)CS(=O)(=O)C1CCN(C(=O)Nc2cccs2)CC1. The van der Waals surface area contributed by atoms with Gasteiger partial charge in [0, 0.05) is 13.1 Å². The van der Waals surface area contributed by atoms with Crippen molar-refractivity contribution >= 4 is 32.2 Å². The minimum absolute atomic E-state index is 0.142. The van der Waals surface area contributed by atoms with Gasteiger partial charge < -0.3 is 4.90 Å². The Morgan fingerprint density at radius 1 is 1.43 bits per heavy atom. The van der Waals surface area contributed by atoms with E-state index in [1.54, 1.807) is 4.90 Å². The van der Waals surface area contributed by atoms with E-state index in [2.05, 4.69) is 5.32 Å². The highest BCUT2D eigenvalue weighted by atomic mass is 32.2. The molecule has 2 rings (SSSR count). The zero-order valence-corrected chi connectivity index (χ0v) is 14.0. The Kier molecular flexibility index (Phi) is 5.27. The summed E-state index contributed by atoms with van der Waals surface area (Å²) in [6.45, 7) is 4.83. The highest BCUT2D eigenvalue weighted by molar-refractivity contribution is 7.92. The van der Waals surface area contributed by atoms with Gasteiger partial charge in [-0.2, -0.15) is 0 Å². The molecule has 118 valence electrons. The van der Waals surface area contributed by atoms with E-state index >= 15 is 0 Å². The minimum Gasteiger partial charge on any atom is -0.324 e. The molecular weight excluding hydrogens is 308 g/mol. The van der Waals surface area contributed by atoms with Gasteiger partial charge in [-0.1, -0.05) is 13.8 Å². The Morgan fingerprint density at radius 3 is 2.62 bits per heavy atom. The molecule has 1 N–H and O–H groups in total. The van der Waals surface area contributed by atoms with Crippen molar-refractivity contribution < 1.29 is 13.2 Å². The maximum atomic E-state index is 12.2. The first-order chi connectivity index (χ1) is 9.88. The van der Waals surface area contributed by atoms with Crippen molar-refractivity contribution in [2.24, 2.45) is 5.92 Å². The molecule has 1 aliphatic rings. The number of amides is 2. The second-order valence-corrected chi connectivity index (χ2v) is 9.09. The largest absolute Gasteiger partial charge is 0.324 e. The number of thiophene rings is 1. The number of nitrogens with one attached hydrogen (secondary N) is 1. The van der Waals surface area contributed by atoms with Gasteiger partial charge in [0.05, 0.1) is 16.0 Å². The standard InChI is InChI=1S/C14H22N2O3S2/c1-11(2)10-21(18,19)12-5-7-16(8-6-12)14(17)15-13-4-3-9-20-13/h3-4,9,11-12H,5-8,10H2,1-2H3,(H,15,17). The molecule has 0 bridgehead atoms. The number of hydrogen-bond acceptors (Lipinski definition) is 4. The number of rotatable bonds is 4. The van der Waals surface area contributed by atoms with Gasteiger partial charge in [-0.05, 0) is 36.3 Å². The maximum absolute atomic E-state index is 12.2. The van der Waals surface area contributed by atoms with Gasteiger partial charge in [-0.3, -0.25) is 5.32 Å². The number of nitrogens with zero attached hydrogens (tertiary/aromatic N) is 1. The van der Waals surface area contributed by atoms with Crippen LogP contribution in [0.5, 0.6) is 0 Å². The van der Waals surface area contributed by atoms with E-state index in [-0.39, 0.29) is 23.0 Å². The highest BCUT2D eigenvalue weighted by Crippen LogP contribution is 2.22. The van der Waals surface area contributed by atoms with Gasteiger partial charge in [0.2, 0.25) is 0 Å². The van der Waals surface area contributed by atoms with E-state index in [0.29, 0.717) is 25.9 Å². The summed E-state index contributed by atoms with van der Waals surface area (Å²) in [5.74, 6) is 0.383. The highest BCUT2D eigenvalue weighted by Gasteiger charge is 2.31. The lowest BCUT2D eigenvalue weighted by atomic mass is 10.1. The number of piperidine rings is 1. The predicted octanol–water partition coefficient (Wildman–Crippen LogP) is 2.82. The fraction of sp³-hybridized carbons (Fsp3) is 0.643. The fourth-order valence-corrected chi connectivity index (χ4v) is 5.29. The second-order valence-electron chi connectivity index (χ2n) is 5.82. The average Bonchev–Trinajstić information content (AvgIpc) is 2.90. The summed E-state index contributed by atoms with van der Waals surface area (Å²) in [5, 5.41) is 5.25. The number of urea groups is 1. The Bertz CT molecular complexity index is 559. The number of carbonyl (C=O) groups is 1. The summed E-state index contributed by atoms with van der Waals surface area (Å²) >= 11 is 1.47. The smallest absolute Gasteiger partial charge is 0.322 e. The quantitative estimate of drug-likeness (QED) is 0.923. The first kappa shape index (κ1) is 16.3. The lowest BCUT2D eigenvalue weighted by Gasteiger charge is -2.31. The van der Waals surface area contributed by atoms with Crippen LogP contribution in [-0.2, 0) is 9.84 Å². The van der Waals surface area contributed by atoms with E-state index in [0.717, 1.165) is 5.00 Å². The second kappa shape index (κ2) is 6.79. The van der Waals surface area contributed by atoms with Crippen molar-refractivity contribution in [1.82, 2.24) is 4.90 Å². The predicted molar refractivity (Wildman–Crippen MR) is 86.6 cm³/mol. The third-order valence-corrected chi connectivity index (χ3v) is 6.96. The zero-order chi connectivity index (χ0) is 15.5. The maximum Gasteiger partial charge on any atom is 0.322 e. The van der Waals surface area contributed by atoms with Crippen LogP contribution in [0.4, 0.5) is 9.80 Å². The van der Waals surface area contributed by atoms with E-state index in [1.165, 1.54) is 11.3 Å². The van der Waals surface area contributed by atoms with Gasteiger partial charge in [0.25, 0.3) is 0 Å². The summed E-state index contributed by atoms with van der Waals surface area (Å²) in [7, 11) is -3.04.